The van der Waals surface area contributed by atoms with Crippen molar-refractivity contribution in [3.05, 3.63) is 34.9 Å². The lowest BCUT2D eigenvalue weighted by Gasteiger charge is -2.31. The smallest absolute Gasteiger partial charge is 0.367 e. The van der Waals surface area contributed by atoms with Gasteiger partial charge in [-0.25, -0.2) is 17.9 Å². The van der Waals surface area contributed by atoms with E-state index in [1.165, 1.54) is 5.06 Å². The van der Waals surface area contributed by atoms with Crippen molar-refractivity contribution in [1.29, 1.82) is 0 Å². The Morgan fingerprint density at radius 2 is 1.44 bits per heavy atom. The van der Waals surface area contributed by atoms with Crippen LogP contribution in [-0.4, -0.2) is 44.2 Å². The molecule has 1 aromatic rings. The Balaban J connectivity index is 2.06. The van der Waals surface area contributed by atoms with Crippen LogP contribution in [0.4, 0.5) is 26.3 Å². The van der Waals surface area contributed by atoms with E-state index in [0.29, 0.717) is 0 Å². The van der Waals surface area contributed by atoms with Crippen molar-refractivity contribution in [2.24, 2.45) is 11.3 Å². The zero-order valence-electron chi connectivity index (χ0n) is 18.5. The number of alkyl halides is 6. The molecule has 1 aliphatic heterocycles. The molecule has 7 nitrogen and oxygen atoms in total. The second kappa shape index (κ2) is 9.72. The molecule has 192 valence electrons. The summed E-state index contributed by atoms with van der Waals surface area (Å²) in [5, 5.41) is 1.39. The van der Waals surface area contributed by atoms with Gasteiger partial charge in [-0.05, 0) is 57.7 Å². The lowest BCUT2D eigenvalue weighted by molar-refractivity contribution is -0.205. The van der Waals surface area contributed by atoms with Crippen molar-refractivity contribution in [1.82, 2.24) is 9.79 Å². The van der Waals surface area contributed by atoms with Crippen LogP contribution in [0.5, 0.6) is 0 Å². The normalized spacial score (nSPS) is 16.9. The van der Waals surface area contributed by atoms with Crippen LogP contribution in [0, 0.1) is 11.3 Å². The van der Waals surface area contributed by atoms with E-state index in [1.54, 1.807) is 25.5 Å². The Labute approximate surface area is 192 Å². The highest BCUT2D eigenvalue weighted by molar-refractivity contribution is 7.90. The molecule has 1 aromatic carbocycles. The molecule has 1 saturated heterocycles. The van der Waals surface area contributed by atoms with Crippen LogP contribution in [0.25, 0.3) is 0 Å². The number of sulfonamides is 1. The van der Waals surface area contributed by atoms with Gasteiger partial charge in [0.05, 0.1) is 22.3 Å². The molecule has 34 heavy (non-hydrogen) atoms. The van der Waals surface area contributed by atoms with E-state index in [9.17, 15) is 44.3 Å². The first kappa shape index (κ1) is 27.9. The van der Waals surface area contributed by atoms with Crippen molar-refractivity contribution in [3.8, 4) is 0 Å². The first-order chi connectivity index (χ1) is 15.3. The number of carbonyl (C=O) groups excluding carboxylic acids is 2. The predicted octanol–water partition coefficient (Wildman–Crippen LogP) is 4.00. The van der Waals surface area contributed by atoms with Crippen LogP contribution in [0.2, 0.25) is 0 Å². The van der Waals surface area contributed by atoms with Gasteiger partial charge in [0.1, 0.15) is 0 Å². The minimum atomic E-state index is -5.18. The van der Waals surface area contributed by atoms with Crippen LogP contribution in [0.15, 0.2) is 18.2 Å². The summed E-state index contributed by atoms with van der Waals surface area (Å²) in [4.78, 5) is 29.4. The zero-order valence-corrected chi connectivity index (χ0v) is 19.3. The van der Waals surface area contributed by atoms with E-state index in [2.05, 4.69) is 0 Å². The topological polar surface area (TPSA) is 92.8 Å². The number of nitrogens with zero attached hydrogens (tertiary/aromatic N) is 1. The summed E-state index contributed by atoms with van der Waals surface area (Å²) in [7, 11) is -4.38. The Bertz CT molecular complexity index is 991. The molecule has 1 aliphatic rings. The third-order valence-electron chi connectivity index (χ3n) is 4.95. The summed E-state index contributed by atoms with van der Waals surface area (Å²) in [6, 6.07) is 0.149. The van der Waals surface area contributed by atoms with E-state index in [-0.39, 0.29) is 44.1 Å². The molecule has 0 radical (unpaired) electrons. The van der Waals surface area contributed by atoms with Crippen LogP contribution in [0.1, 0.15) is 55.1 Å². The monoisotopic (exact) mass is 518 g/mol. The molecule has 1 fully saturated rings. The van der Waals surface area contributed by atoms with E-state index in [1.807, 2.05) is 0 Å². The van der Waals surface area contributed by atoms with Gasteiger partial charge in [0.25, 0.3) is 5.91 Å². The third-order valence-corrected chi connectivity index (χ3v) is 6.36. The molecule has 0 spiro atoms. The van der Waals surface area contributed by atoms with E-state index >= 15 is 0 Å². The summed E-state index contributed by atoms with van der Waals surface area (Å²) >= 11 is 0. The highest BCUT2D eigenvalue weighted by atomic mass is 32.2. The average molecular weight is 518 g/mol. The van der Waals surface area contributed by atoms with Gasteiger partial charge in [-0.2, -0.15) is 26.3 Å². The molecule has 0 aliphatic carbocycles. The number of amides is 1. The number of halogens is 6. The molecule has 0 atom stereocenters. The van der Waals surface area contributed by atoms with Gasteiger partial charge in [-0.1, -0.05) is 0 Å². The first-order valence-electron chi connectivity index (χ1n) is 10.1. The highest BCUT2D eigenvalue weighted by Crippen LogP contribution is 2.36. The Morgan fingerprint density at radius 3 is 1.85 bits per heavy atom. The number of hydrogen-bond donors (Lipinski definition) is 1. The number of benzene rings is 1. The van der Waals surface area contributed by atoms with Gasteiger partial charge >= 0.3 is 18.3 Å². The minimum absolute atomic E-state index is 0.155. The minimum Gasteiger partial charge on any atom is -0.367 e. The molecular formula is C20H24F6N2O5S. The number of hydrogen-bond acceptors (Lipinski definition) is 6. The number of piperidine rings is 1. The van der Waals surface area contributed by atoms with E-state index < -0.39 is 68.0 Å². The van der Waals surface area contributed by atoms with Crippen LogP contribution < -0.4 is 4.72 Å². The third kappa shape index (κ3) is 7.86. The maximum atomic E-state index is 13.0. The fourth-order valence-corrected chi connectivity index (χ4v) is 4.50. The van der Waals surface area contributed by atoms with Crippen LogP contribution >= 0.6 is 0 Å². The average Bonchev–Trinajstić information content (AvgIpc) is 2.66. The van der Waals surface area contributed by atoms with Crippen molar-refractivity contribution in [2.75, 3.05) is 18.8 Å². The van der Waals surface area contributed by atoms with Crippen molar-refractivity contribution >= 4 is 21.9 Å². The van der Waals surface area contributed by atoms with Crippen LogP contribution in [-0.2, 0) is 32.0 Å². The first-order valence-corrected chi connectivity index (χ1v) is 11.7. The van der Waals surface area contributed by atoms with Gasteiger partial charge in [0.2, 0.25) is 10.0 Å². The van der Waals surface area contributed by atoms with Gasteiger partial charge < -0.3 is 4.84 Å². The molecule has 14 heteroatoms. The molecule has 1 N–H and O–H groups in total. The standard InChI is InChI=1S/C20H24F6N2O5S/c1-18(2,3)17(30)33-28-6-4-12(5-7-28)11-34(31,32)27-16(29)13-8-14(19(21,22)23)10-15(9-13)20(24,25)26/h8-10,12H,4-7,11H2,1-3H3,(H,27,29). The number of rotatable bonds is 5. The maximum absolute atomic E-state index is 13.0. The highest BCUT2D eigenvalue weighted by Gasteiger charge is 2.38. The predicted molar refractivity (Wildman–Crippen MR) is 108 cm³/mol. The fraction of sp³-hybridized carbons (Fsp3) is 0.600. The Hall–Kier alpha value is -2.35. The lowest BCUT2D eigenvalue weighted by atomic mass is 9.97. The molecular weight excluding hydrogens is 494 g/mol. The molecule has 0 unspecified atom stereocenters. The summed E-state index contributed by atoms with van der Waals surface area (Å²) in [6.07, 6.45) is -9.82. The number of carbonyl (C=O) groups is 2. The molecule has 1 amide bonds. The molecule has 0 saturated carbocycles. The zero-order chi connectivity index (χ0) is 26.1. The second-order valence-electron chi connectivity index (χ2n) is 9.01. The number of hydroxylamine groups is 2. The SMILES string of the molecule is CC(C)(C)C(=O)ON1CCC(CS(=O)(=O)NC(=O)c2cc(C(F)(F)F)cc(C(F)(F)F)c2)CC1. The van der Waals surface area contributed by atoms with Gasteiger partial charge in [0.15, 0.2) is 0 Å². The summed E-state index contributed by atoms with van der Waals surface area (Å²) in [5.41, 5.74) is -5.29. The summed E-state index contributed by atoms with van der Waals surface area (Å²) in [6.45, 7) is 5.44. The van der Waals surface area contributed by atoms with Gasteiger partial charge in [-0.3, -0.25) is 4.79 Å². The summed E-state index contributed by atoms with van der Waals surface area (Å²) in [5.74, 6) is -3.12. The van der Waals surface area contributed by atoms with Crippen molar-refractivity contribution in [3.63, 3.8) is 0 Å². The largest absolute Gasteiger partial charge is 0.416 e. The lowest BCUT2D eigenvalue weighted by Crippen LogP contribution is -2.41. The van der Waals surface area contributed by atoms with Crippen molar-refractivity contribution in [2.45, 2.75) is 46.0 Å². The molecule has 1 heterocycles. The van der Waals surface area contributed by atoms with Gasteiger partial charge in [0, 0.05) is 18.7 Å². The number of nitrogens with one attached hydrogen (secondary N) is 1. The molecule has 0 bridgehead atoms. The Morgan fingerprint density at radius 1 is 0.971 bits per heavy atom. The molecule has 2 rings (SSSR count). The van der Waals surface area contributed by atoms with Crippen molar-refractivity contribution < 1.29 is 49.2 Å². The van der Waals surface area contributed by atoms with E-state index in [0.717, 1.165) is 0 Å². The fourth-order valence-electron chi connectivity index (χ4n) is 3.06. The summed E-state index contributed by atoms with van der Waals surface area (Å²) < 4.78 is 104. The quantitative estimate of drug-likeness (QED) is 0.593. The molecule has 0 aromatic heterocycles. The van der Waals surface area contributed by atoms with Crippen LogP contribution in [0.3, 0.4) is 0 Å². The second-order valence-corrected chi connectivity index (χ2v) is 10.8. The Kier molecular flexibility index (Phi) is 7.97. The van der Waals surface area contributed by atoms with E-state index in [4.69, 9.17) is 4.84 Å². The van der Waals surface area contributed by atoms with Gasteiger partial charge in [-0.15, -0.1) is 5.06 Å². The maximum Gasteiger partial charge on any atom is 0.416 e.